The van der Waals surface area contributed by atoms with E-state index in [1.807, 2.05) is 42.8 Å². The Morgan fingerprint density at radius 1 is 1.32 bits per heavy atom. The fourth-order valence-electron chi connectivity index (χ4n) is 2.70. The van der Waals surface area contributed by atoms with Crippen LogP contribution in [0.15, 0.2) is 36.7 Å². The van der Waals surface area contributed by atoms with E-state index in [-0.39, 0.29) is 5.91 Å². The molecule has 0 bridgehead atoms. The van der Waals surface area contributed by atoms with Gasteiger partial charge >= 0.3 is 0 Å². The highest BCUT2D eigenvalue weighted by atomic mass is 16.5. The van der Waals surface area contributed by atoms with E-state index in [1.54, 1.807) is 31.2 Å². The number of amides is 1. The van der Waals surface area contributed by atoms with Crippen LogP contribution in [-0.4, -0.2) is 32.6 Å². The molecule has 1 N–H and O–H groups in total. The summed E-state index contributed by atoms with van der Waals surface area (Å²) >= 11 is 0. The Morgan fingerprint density at radius 3 is 2.80 bits per heavy atom. The first-order valence-electron chi connectivity index (χ1n) is 7.95. The summed E-state index contributed by atoms with van der Waals surface area (Å²) in [6, 6.07) is 7.85. The van der Waals surface area contributed by atoms with Crippen molar-refractivity contribution >= 4 is 11.6 Å². The third-order valence-electron chi connectivity index (χ3n) is 4.05. The van der Waals surface area contributed by atoms with E-state index in [4.69, 9.17) is 4.74 Å². The molecule has 7 heteroatoms. The summed E-state index contributed by atoms with van der Waals surface area (Å²) in [5.74, 6) is 0.615. The van der Waals surface area contributed by atoms with Gasteiger partial charge in [-0.05, 0) is 31.5 Å². The lowest BCUT2D eigenvalue weighted by Crippen LogP contribution is -2.12. The number of carbonyl (C=O) groups excluding carboxylic acids is 1. The molecule has 25 heavy (non-hydrogen) atoms. The molecule has 0 saturated carbocycles. The van der Waals surface area contributed by atoms with Crippen molar-refractivity contribution in [2.75, 3.05) is 12.4 Å². The molecule has 0 radical (unpaired) electrons. The van der Waals surface area contributed by atoms with Crippen LogP contribution in [0, 0.1) is 13.8 Å². The molecule has 7 nitrogen and oxygen atoms in total. The van der Waals surface area contributed by atoms with Gasteiger partial charge in [-0.1, -0.05) is 12.1 Å². The van der Waals surface area contributed by atoms with Crippen molar-refractivity contribution in [1.29, 1.82) is 0 Å². The molecule has 2 heterocycles. The van der Waals surface area contributed by atoms with Crippen molar-refractivity contribution in [3.05, 3.63) is 59.2 Å². The zero-order chi connectivity index (χ0) is 18.0. The SMILES string of the molecule is COc1cccc(Cn2nc(C)c(NC(=O)c3cnn(C)c3)c2C)c1. The summed E-state index contributed by atoms with van der Waals surface area (Å²) in [7, 11) is 3.42. The number of benzene rings is 1. The first kappa shape index (κ1) is 16.8. The molecule has 0 aliphatic heterocycles. The number of nitrogens with zero attached hydrogens (tertiary/aromatic N) is 4. The van der Waals surface area contributed by atoms with Gasteiger partial charge in [0.05, 0.1) is 42.5 Å². The topological polar surface area (TPSA) is 74.0 Å². The van der Waals surface area contributed by atoms with Crippen LogP contribution >= 0.6 is 0 Å². The molecule has 0 fully saturated rings. The summed E-state index contributed by atoms with van der Waals surface area (Å²) in [6.45, 7) is 4.43. The Labute approximate surface area is 146 Å². The predicted molar refractivity (Wildman–Crippen MR) is 95.0 cm³/mol. The third kappa shape index (κ3) is 3.55. The Morgan fingerprint density at radius 2 is 2.12 bits per heavy atom. The molecule has 0 saturated heterocycles. The Kier molecular flexibility index (Phi) is 4.56. The maximum absolute atomic E-state index is 12.4. The minimum absolute atomic E-state index is 0.194. The lowest BCUT2D eigenvalue weighted by atomic mass is 10.2. The van der Waals surface area contributed by atoms with Crippen molar-refractivity contribution < 1.29 is 9.53 Å². The monoisotopic (exact) mass is 339 g/mol. The highest BCUT2D eigenvalue weighted by Gasteiger charge is 2.16. The minimum Gasteiger partial charge on any atom is -0.497 e. The lowest BCUT2D eigenvalue weighted by Gasteiger charge is -2.08. The quantitative estimate of drug-likeness (QED) is 0.775. The van der Waals surface area contributed by atoms with Gasteiger partial charge in [-0.25, -0.2) is 0 Å². The van der Waals surface area contributed by atoms with Gasteiger partial charge in [0.15, 0.2) is 0 Å². The molecule has 1 aromatic carbocycles. The largest absolute Gasteiger partial charge is 0.497 e. The molecule has 0 aliphatic carbocycles. The second-order valence-corrected chi connectivity index (χ2v) is 5.91. The molecule has 2 aromatic heterocycles. The molecular formula is C18H21N5O2. The minimum atomic E-state index is -0.194. The van der Waals surface area contributed by atoms with Gasteiger partial charge in [0.1, 0.15) is 5.75 Å². The van der Waals surface area contributed by atoms with E-state index in [0.29, 0.717) is 12.1 Å². The van der Waals surface area contributed by atoms with Gasteiger partial charge in [-0.15, -0.1) is 0 Å². The van der Waals surface area contributed by atoms with E-state index in [2.05, 4.69) is 15.5 Å². The van der Waals surface area contributed by atoms with E-state index in [9.17, 15) is 4.79 Å². The molecular weight excluding hydrogens is 318 g/mol. The van der Waals surface area contributed by atoms with Gasteiger partial charge < -0.3 is 10.1 Å². The number of aryl methyl sites for hydroxylation is 2. The van der Waals surface area contributed by atoms with Crippen molar-refractivity contribution in [2.45, 2.75) is 20.4 Å². The average Bonchev–Trinajstić information content (AvgIpc) is 3.14. The van der Waals surface area contributed by atoms with Crippen LogP contribution in [0.5, 0.6) is 5.75 Å². The van der Waals surface area contributed by atoms with E-state index < -0.39 is 0 Å². The predicted octanol–water partition coefficient (Wildman–Crippen LogP) is 2.54. The molecule has 0 unspecified atom stereocenters. The number of methoxy groups -OCH3 is 1. The zero-order valence-corrected chi connectivity index (χ0v) is 14.8. The van der Waals surface area contributed by atoms with E-state index >= 15 is 0 Å². The fourth-order valence-corrected chi connectivity index (χ4v) is 2.70. The number of rotatable bonds is 5. The highest BCUT2D eigenvalue weighted by Crippen LogP contribution is 2.22. The first-order chi connectivity index (χ1) is 12.0. The molecule has 3 rings (SSSR count). The first-order valence-corrected chi connectivity index (χ1v) is 7.95. The van der Waals surface area contributed by atoms with Gasteiger partial charge in [0.2, 0.25) is 0 Å². The second kappa shape index (κ2) is 6.80. The molecule has 130 valence electrons. The summed E-state index contributed by atoms with van der Waals surface area (Å²) < 4.78 is 8.74. The second-order valence-electron chi connectivity index (χ2n) is 5.91. The summed E-state index contributed by atoms with van der Waals surface area (Å²) in [4.78, 5) is 12.4. The van der Waals surface area contributed by atoms with Gasteiger partial charge in [-0.3, -0.25) is 14.2 Å². The number of hydrogen-bond donors (Lipinski definition) is 1. The molecule has 0 aliphatic rings. The fraction of sp³-hybridized carbons (Fsp3) is 0.278. The van der Waals surface area contributed by atoms with Crippen LogP contribution in [0.4, 0.5) is 5.69 Å². The number of nitrogens with one attached hydrogen (secondary N) is 1. The van der Waals surface area contributed by atoms with Crippen LogP contribution in [0.2, 0.25) is 0 Å². The van der Waals surface area contributed by atoms with Crippen LogP contribution in [0.3, 0.4) is 0 Å². The maximum Gasteiger partial charge on any atom is 0.258 e. The molecule has 0 atom stereocenters. The summed E-state index contributed by atoms with van der Waals surface area (Å²) in [6.07, 6.45) is 3.22. The van der Waals surface area contributed by atoms with E-state index in [1.165, 1.54) is 0 Å². The smallest absolute Gasteiger partial charge is 0.258 e. The Bertz CT molecular complexity index is 910. The van der Waals surface area contributed by atoms with Crippen LogP contribution in [0.1, 0.15) is 27.3 Å². The molecule has 3 aromatic rings. The van der Waals surface area contributed by atoms with Crippen molar-refractivity contribution in [2.24, 2.45) is 7.05 Å². The number of anilines is 1. The highest BCUT2D eigenvalue weighted by molar-refractivity contribution is 6.04. The van der Waals surface area contributed by atoms with Crippen molar-refractivity contribution in [3.63, 3.8) is 0 Å². The van der Waals surface area contributed by atoms with Gasteiger partial charge in [0, 0.05) is 13.2 Å². The van der Waals surface area contributed by atoms with Crippen molar-refractivity contribution in [1.82, 2.24) is 19.6 Å². The van der Waals surface area contributed by atoms with Crippen molar-refractivity contribution in [3.8, 4) is 5.75 Å². The Hall–Kier alpha value is -3.09. The summed E-state index contributed by atoms with van der Waals surface area (Å²) in [5.41, 5.74) is 4.00. The number of hydrogen-bond acceptors (Lipinski definition) is 4. The number of carbonyl (C=O) groups is 1. The zero-order valence-electron chi connectivity index (χ0n) is 14.8. The normalized spacial score (nSPS) is 10.7. The number of ether oxygens (including phenoxy) is 1. The molecule has 0 spiro atoms. The third-order valence-corrected chi connectivity index (χ3v) is 4.05. The molecule has 1 amide bonds. The van der Waals surface area contributed by atoms with E-state index in [0.717, 1.165) is 28.4 Å². The van der Waals surface area contributed by atoms with Gasteiger partial charge in [0.25, 0.3) is 5.91 Å². The number of aromatic nitrogens is 4. The Balaban J connectivity index is 1.81. The lowest BCUT2D eigenvalue weighted by molar-refractivity contribution is 0.102. The summed E-state index contributed by atoms with van der Waals surface area (Å²) in [5, 5.41) is 11.5. The van der Waals surface area contributed by atoms with Crippen LogP contribution in [-0.2, 0) is 13.6 Å². The maximum atomic E-state index is 12.4. The standard InChI is InChI=1S/C18H21N5O2/c1-12-17(20-18(24)15-9-19-22(3)11-15)13(2)23(21-12)10-14-6-5-7-16(8-14)25-4/h5-9,11H,10H2,1-4H3,(H,20,24). The van der Waals surface area contributed by atoms with Crippen LogP contribution in [0.25, 0.3) is 0 Å². The van der Waals surface area contributed by atoms with Gasteiger partial charge in [-0.2, -0.15) is 10.2 Å². The average molecular weight is 339 g/mol. The van der Waals surface area contributed by atoms with Crippen LogP contribution < -0.4 is 10.1 Å².